The van der Waals surface area contributed by atoms with Gasteiger partial charge in [-0.05, 0) is 36.8 Å². The normalized spacial score (nSPS) is 11.4. The minimum Gasteiger partial charge on any atom is -0.374 e. The second-order valence-electron chi connectivity index (χ2n) is 5.40. The highest BCUT2D eigenvalue weighted by Crippen LogP contribution is 2.26. The Morgan fingerprint density at radius 3 is 2.83 bits per heavy atom. The molecule has 0 fully saturated rings. The lowest BCUT2D eigenvalue weighted by Crippen LogP contribution is -2.12. The zero-order valence-corrected chi connectivity index (χ0v) is 14.1. The summed E-state index contributed by atoms with van der Waals surface area (Å²) in [6, 6.07) is 0. The van der Waals surface area contributed by atoms with Gasteiger partial charge in [0, 0.05) is 18.8 Å². The van der Waals surface area contributed by atoms with Crippen LogP contribution in [0.25, 0.3) is 16.7 Å². The molecule has 0 saturated heterocycles. The lowest BCUT2D eigenvalue weighted by atomic mass is 10.2. The quantitative estimate of drug-likeness (QED) is 0.480. The molecule has 0 aliphatic rings. The number of hydrogen-bond donors (Lipinski definition) is 0. The van der Waals surface area contributed by atoms with Crippen LogP contribution in [0.2, 0.25) is 0 Å². The maximum absolute atomic E-state index is 5.57. The first-order chi connectivity index (χ1) is 11.7. The van der Waals surface area contributed by atoms with E-state index in [1.807, 2.05) is 20.8 Å². The smallest absolute Gasteiger partial charge is 0.207 e. The predicted octanol–water partition coefficient (Wildman–Crippen LogP) is 1.28. The number of rotatable bonds is 7. The first-order valence-electron chi connectivity index (χ1n) is 7.84. The lowest BCUT2D eigenvalue weighted by molar-refractivity contribution is 0.121. The lowest BCUT2D eigenvalue weighted by Gasteiger charge is -2.11. The Morgan fingerprint density at radius 2 is 2.08 bits per heavy atom. The third kappa shape index (κ3) is 2.72. The number of fused-ring (bicyclic) bond motifs is 3. The minimum atomic E-state index is 0.295. The van der Waals surface area contributed by atoms with E-state index in [2.05, 4.69) is 26.0 Å². The van der Waals surface area contributed by atoms with Gasteiger partial charge in [-0.2, -0.15) is 4.52 Å². The van der Waals surface area contributed by atoms with Crippen LogP contribution in [-0.4, -0.2) is 49.4 Å². The van der Waals surface area contributed by atoms with Crippen LogP contribution in [-0.2, 0) is 22.6 Å². The van der Waals surface area contributed by atoms with Crippen LogP contribution in [0, 0.1) is 26.2 Å². The Hall–Kier alpha value is -2.50. The molecule has 0 atom stereocenters. The van der Waals surface area contributed by atoms with Gasteiger partial charge >= 0.3 is 0 Å². The molecular formula is C16H20N6O2. The van der Waals surface area contributed by atoms with Crippen molar-refractivity contribution in [2.75, 3.05) is 19.8 Å². The van der Waals surface area contributed by atoms with Crippen LogP contribution in [0.4, 0.5) is 0 Å². The van der Waals surface area contributed by atoms with E-state index in [0.29, 0.717) is 38.6 Å². The average molecular weight is 328 g/mol. The van der Waals surface area contributed by atoms with Gasteiger partial charge in [-0.1, -0.05) is 5.92 Å². The number of hydrogen-bond acceptors (Lipinski definition) is 6. The van der Waals surface area contributed by atoms with Gasteiger partial charge in [0.2, 0.25) is 5.65 Å². The number of pyridine rings is 1. The van der Waals surface area contributed by atoms with Crippen LogP contribution in [0.1, 0.15) is 24.0 Å². The summed E-state index contributed by atoms with van der Waals surface area (Å²) in [5.41, 5.74) is 4.49. The number of tetrazole rings is 1. The molecule has 0 aliphatic heterocycles. The van der Waals surface area contributed by atoms with Gasteiger partial charge in [0.25, 0.3) is 0 Å². The predicted molar refractivity (Wildman–Crippen MR) is 88.5 cm³/mol. The molecule has 8 heteroatoms. The summed E-state index contributed by atoms with van der Waals surface area (Å²) in [6.45, 7) is 8.48. The highest BCUT2D eigenvalue weighted by Gasteiger charge is 2.20. The van der Waals surface area contributed by atoms with Crippen molar-refractivity contribution in [2.45, 2.75) is 33.9 Å². The van der Waals surface area contributed by atoms with Crippen molar-refractivity contribution in [3.63, 3.8) is 0 Å². The van der Waals surface area contributed by atoms with Crippen molar-refractivity contribution in [1.82, 2.24) is 29.6 Å². The number of aromatic nitrogens is 6. The maximum atomic E-state index is 5.57. The fourth-order valence-electron chi connectivity index (χ4n) is 2.76. The van der Waals surface area contributed by atoms with Crippen molar-refractivity contribution >= 4 is 16.7 Å². The molecule has 0 unspecified atom stereocenters. The number of nitrogens with zero attached hydrogens (tertiary/aromatic N) is 6. The largest absolute Gasteiger partial charge is 0.374 e. The summed E-state index contributed by atoms with van der Waals surface area (Å²) in [5.74, 6) is 3.30. The van der Waals surface area contributed by atoms with Gasteiger partial charge in [-0.25, -0.2) is 4.98 Å². The van der Waals surface area contributed by atoms with Crippen molar-refractivity contribution in [3.8, 4) is 12.3 Å². The molecule has 0 aliphatic carbocycles. The van der Waals surface area contributed by atoms with Crippen LogP contribution in [0.15, 0.2) is 0 Å². The van der Waals surface area contributed by atoms with Crippen molar-refractivity contribution in [3.05, 3.63) is 17.1 Å². The number of imidazole rings is 1. The molecule has 8 nitrogen and oxygen atoms in total. The number of aryl methyl sites for hydroxylation is 2. The maximum Gasteiger partial charge on any atom is 0.207 e. The molecule has 0 saturated carbocycles. The van der Waals surface area contributed by atoms with Crippen molar-refractivity contribution in [2.24, 2.45) is 0 Å². The fraction of sp³-hybridized carbons (Fsp3) is 0.500. The van der Waals surface area contributed by atoms with E-state index in [4.69, 9.17) is 20.9 Å². The number of terminal acetylenes is 1. The third-order valence-electron chi connectivity index (χ3n) is 4.02. The van der Waals surface area contributed by atoms with Gasteiger partial charge in [-0.15, -0.1) is 11.5 Å². The van der Waals surface area contributed by atoms with E-state index in [1.165, 1.54) is 0 Å². The molecule has 3 aromatic heterocycles. The van der Waals surface area contributed by atoms with Gasteiger partial charge in [0.1, 0.15) is 24.6 Å². The molecule has 126 valence electrons. The van der Waals surface area contributed by atoms with E-state index in [9.17, 15) is 0 Å². The first-order valence-corrected chi connectivity index (χ1v) is 7.84. The van der Waals surface area contributed by atoms with Gasteiger partial charge in [0.15, 0.2) is 0 Å². The monoisotopic (exact) mass is 328 g/mol. The Balaban J connectivity index is 2.13. The van der Waals surface area contributed by atoms with Crippen molar-refractivity contribution < 1.29 is 9.47 Å². The molecule has 3 rings (SSSR count). The Kier molecular flexibility index (Phi) is 4.74. The SMILES string of the molecule is C#CCOCCn1c(COCC)nc2c1c(C)c(C)n1nnnc21. The summed E-state index contributed by atoms with van der Waals surface area (Å²) < 4.78 is 14.8. The van der Waals surface area contributed by atoms with Gasteiger partial charge in [0.05, 0.1) is 12.1 Å². The fourth-order valence-corrected chi connectivity index (χ4v) is 2.76. The molecule has 0 N–H and O–H groups in total. The van der Waals surface area contributed by atoms with E-state index in [-0.39, 0.29) is 0 Å². The van der Waals surface area contributed by atoms with Crippen LogP contribution in [0.5, 0.6) is 0 Å². The van der Waals surface area contributed by atoms with E-state index >= 15 is 0 Å². The molecule has 0 spiro atoms. The molecular weight excluding hydrogens is 308 g/mol. The minimum absolute atomic E-state index is 0.295. The molecule has 24 heavy (non-hydrogen) atoms. The Labute approximate surface area is 139 Å². The van der Waals surface area contributed by atoms with E-state index in [1.54, 1.807) is 4.52 Å². The molecule has 3 heterocycles. The zero-order valence-electron chi connectivity index (χ0n) is 14.1. The summed E-state index contributed by atoms with van der Waals surface area (Å²) in [7, 11) is 0. The molecule has 0 radical (unpaired) electrons. The molecule has 0 amide bonds. The average Bonchev–Trinajstić information content (AvgIpc) is 3.19. The van der Waals surface area contributed by atoms with Crippen molar-refractivity contribution in [1.29, 1.82) is 0 Å². The zero-order chi connectivity index (χ0) is 17.1. The van der Waals surface area contributed by atoms with Gasteiger partial charge in [-0.3, -0.25) is 0 Å². The van der Waals surface area contributed by atoms with Gasteiger partial charge < -0.3 is 14.0 Å². The second kappa shape index (κ2) is 6.95. The Morgan fingerprint density at radius 1 is 1.25 bits per heavy atom. The van der Waals surface area contributed by atoms with Crippen LogP contribution in [0.3, 0.4) is 0 Å². The van der Waals surface area contributed by atoms with Crippen LogP contribution >= 0.6 is 0 Å². The summed E-state index contributed by atoms with van der Waals surface area (Å²) in [5, 5.41) is 11.9. The highest BCUT2D eigenvalue weighted by molar-refractivity contribution is 5.91. The van der Waals surface area contributed by atoms with Crippen LogP contribution < -0.4 is 0 Å². The molecule has 0 aromatic carbocycles. The summed E-state index contributed by atoms with van der Waals surface area (Å²) in [4.78, 5) is 4.73. The second-order valence-corrected chi connectivity index (χ2v) is 5.40. The summed E-state index contributed by atoms with van der Waals surface area (Å²) in [6.07, 6.45) is 5.23. The molecule has 0 bridgehead atoms. The standard InChI is InChI=1S/C16H20N6O2/c1-5-8-24-9-7-21-13(10-23-6-2)17-14-15(21)11(3)12(4)22-16(14)18-19-20-22/h1H,6-10H2,2-4H3. The topological polar surface area (TPSA) is 79.4 Å². The summed E-state index contributed by atoms with van der Waals surface area (Å²) >= 11 is 0. The van der Waals surface area contributed by atoms with E-state index < -0.39 is 0 Å². The van der Waals surface area contributed by atoms with E-state index in [0.717, 1.165) is 28.1 Å². The third-order valence-corrected chi connectivity index (χ3v) is 4.02. The molecule has 3 aromatic rings. The first kappa shape index (κ1) is 16.4. The Bertz CT molecular complexity index is 905. The highest BCUT2D eigenvalue weighted by atomic mass is 16.5. The number of ether oxygens (including phenoxy) is 2.